The average Bonchev–Trinajstić information content (AvgIpc) is 3.34. The summed E-state index contributed by atoms with van der Waals surface area (Å²) in [6.07, 6.45) is 1.31. The molecule has 0 aromatic carbocycles. The number of ether oxygens (including phenoxy) is 2. The van der Waals surface area contributed by atoms with Gasteiger partial charge in [-0.25, -0.2) is 4.79 Å². The van der Waals surface area contributed by atoms with Crippen molar-refractivity contribution in [2.45, 2.75) is 51.3 Å². The van der Waals surface area contributed by atoms with Gasteiger partial charge in [-0.15, -0.1) is 0 Å². The normalized spacial score (nSPS) is 33.3. The number of hydrogen-bond acceptors (Lipinski definition) is 7. The van der Waals surface area contributed by atoms with E-state index in [2.05, 4.69) is 11.9 Å². The third-order valence-electron chi connectivity index (χ3n) is 5.26. The van der Waals surface area contributed by atoms with Crippen LogP contribution in [0.25, 0.3) is 0 Å². The first kappa shape index (κ1) is 20.9. The quantitative estimate of drug-likeness (QED) is 0.644. The summed E-state index contributed by atoms with van der Waals surface area (Å²) in [7, 11) is 1.60. The highest BCUT2D eigenvalue weighted by Crippen LogP contribution is 2.67. The molecule has 2 aliphatic rings. The lowest BCUT2D eigenvalue weighted by molar-refractivity contribution is -0.0568. The molecule has 27 heavy (non-hydrogen) atoms. The molecular formula is C17H27N2O6PS. The largest absolute Gasteiger partial charge is 0.376 e. The lowest BCUT2D eigenvalue weighted by Crippen LogP contribution is -2.36. The van der Waals surface area contributed by atoms with Crippen molar-refractivity contribution < 1.29 is 18.5 Å². The third-order valence-corrected chi connectivity index (χ3v) is 9.35. The third kappa shape index (κ3) is 3.99. The maximum absolute atomic E-state index is 12.2. The van der Waals surface area contributed by atoms with Crippen LogP contribution in [0.1, 0.15) is 33.4 Å². The van der Waals surface area contributed by atoms with Gasteiger partial charge in [0.05, 0.1) is 19.3 Å². The first-order chi connectivity index (χ1) is 12.9. The zero-order valence-electron chi connectivity index (χ0n) is 16.0. The van der Waals surface area contributed by atoms with Crippen molar-refractivity contribution in [2.75, 3.05) is 20.3 Å². The van der Waals surface area contributed by atoms with Crippen LogP contribution in [-0.2, 0) is 30.3 Å². The number of rotatable bonds is 8. The van der Waals surface area contributed by atoms with E-state index in [9.17, 15) is 9.59 Å². The number of H-pyrrole nitrogens is 1. The predicted octanol–water partition coefficient (Wildman–Crippen LogP) is 1.86. The molecule has 1 saturated carbocycles. The Bertz CT molecular complexity index is 816. The SMILES string of the molecule is CCOP(=S)(OCC)C1CC1[C@H]1O[C@@H](n2ccc(=O)[nH]c2=O)[C@@H](OC)C1C. The number of aromatic amines is 1. The molecule has 10 heteroatoms. The van der Waals surface area contributed by atoms with E-state index in [-0.39, 0.29) is 29.7 Å². The fourth-order valence-corrected chi connectivity index (χ4v) is 7.67. The molecule has 1 aromatic heterocycles. The molecule has 3 unspecified atom stereocenters. The van der Waals surface area contributed by atoms with Gasteiger partial charge in [-0.1, -0.05) is 6.92 Å². The van der Waals surface area contributed by atoms with Gasteiger partial charge in [0.2, 0.25) is 0 Å². The summed E-state index contributed by atoms with van der Waals surface area (Å²) in [6.45, 7) is 4.59. The standard InChI is InChI=1S/C17H27N2O6PS/c1-5-23-26(27,24-6-2)12-9-11(12)14-10(3)15(22-4)16(25-14)19-8-7-13(20)18-17(19)21/h7-8,10-12,14-16H,5-6,9H2,1-4H3,(H,18,20,21)/t10?,11?,12?,14-,15-,16+/m0/s1. The smallest absolute Gasteiger partial charge is 0.330 e. The molecule has 0 spiro atoms. The Morgan fingerprint density at radius 2 is 2.00 bits per heavy atom. The van der Waals surface area contributed by atoms with Crippen LogP contribution in [0.5, 0.6) is 0 Å². The molecule has 152 valence electrons. The Labute approximate surface area is 163 Å². The number of nitrogens with zero attached hydrogens (tertiary/aromatic N) is 1. The second kappa shape index (κ2) is 8.27. The molecule has 1 aliphatic heterocycles. The molecule has 0 amide bonds. The van der Waals surface area contributed by atoms with Crippen LogP contribution < -0.4 is 11.2 Å². The highest BCUT2D eigenvalue weighted by atomic mass is 32.5. The average molecular weight is 418 g/mol. The van der Waals surface area contributed by atoms with Crippen molar-refractivity contribution in [3.63, 3.8) is 0 Å². The van der Waals surface area contributed by atoms with E-state index in [4.69, 9.17) is 30.3 Å². The number of hydrogen-bond donors (Lipinski definition) is 1. The van der Waals surface area contributed by atoms with Crippen LogP contribution in [0.15, 0.2) is 21.9 Å². The fraction of sp³-hybridized carbons (Fsp3) is 0.765. The lowest BCUT2D eigenvalue weighted by atomic mass is 9.97. The molecule has 1 aromatic rings. The zero-order chi connectivity index (χ0) is 19.8. The van der Waals surface area contributed by atoms with Gasteiger partial charge in [0.25, 0.3) is 5.56 Å². The van der Waals surface area contributed by atoms with E-state index >= 15 is 0 Å². The second-order valence-electron chi connectivity index (χ2n) is 6.91. The van der Waals surface area contributed by atoms with Crippen LogP contribution in [0.3, 0.4) is 0 Å². The number of nitrogens with one attached hydrogen (secondary N) is 1. The highest BCUT2D eigenvalue weighted by molar-refractivity contribution is 8.10. The van der Waals surface area contributed by atoms with Crippen LogP contribution in [-0.4, -0.2) is 47.7 Å². The monoisotopic (exact) mass is 418 g/mol. The summed E-state index contributed by atoms with van der Waals surface area (Å²) in [5.74, 6) is 0.269. The van der Waals surface area contributed by atoms with Crippen LogP contribution in [0.2, 0.25) is 0 Å². The van der Waals surface area contributed by atoms with Crippen molar-refractivity contribution in [1.82, 2.24) is 9.55 Å². The first-order valence-electron chi connectivity index (χ1n) is 9.24. The number of methoxy groups -OCH3 is 1. The maximum Gasteiger partial charge on any atom is 0.330 e. The van der Waals surface area contributed by atoms with Crippen molar-refractivity contribution in [1.29, 1.82) is 0 Å². The van der Waals surface area contributed by atoms with Gasteiger partial charge in [0.15, 0.2) is 12.7 Å². The van der Waals surface area contributed by atoms with E-state index in [1.54, 1.807) is 7.11 Å². The van der Waals surface area contributed by atoms with Crippen LogP contribution in [0.4, 0.5) is 0 Å². The maximum atomic E-state index is 12.2. The molecule has 2 fully saturated rings. The fourth-order valence-electron chi connectivity index (χ4n) is 3.99. The molecule has 6 atom stereocenters. The van der Waals surface area contributed by atoms with Gasteiger partial charge in [0, 0.05) is 30.9 Å². The van der Waals surface area contributed by atoms with E-state index in [0.29, 0.717) is 13.2 Å². The van der Waals surface area contributed by atoms with Gasteiger partial charge >= 0.3 is 5.69 Å². The van der Waals surface area contributed by atoms with Crippen LogP contribution >= 0.6 is 6.49 Å². The molecule has 3 rings (SSSR count). The van der Waals surface area contributed by atoms with E-state index in [1.807, 2.05) is 13.8 Å². The highest BCUT2D eigenvalue weighted by Gasteiger charge is 2.59. The minimum atomic E-state index is -2.35. The Hall–Kier alpha value is -0.830. The molecule has 1 N–H and O–H groups in total. The van der Waals surface area contributed by atoms with E-state index < -0.39 is 24.0 Å². The summed E-state index contributed by atoms with van der Waals surface area (Å²) in [4.78, 5) is 25.8. The molecular weight excluding hydrogens is 391 g/mol. The molecule has 0 bridgehead atoms. The zero-order valence-corrected chi connectivity index (χ0v) is 17.7. The summed E-state index contributed by atoms with van der Waals surface area (Å²) in [5, 5.41) is 0. The van der Waals surface area contributed by atoms with Gasteiger partial charge < -0.3 is 18.5 Å². The van der Waals surface area contributed by atoms with Crippen molar-refractivity contribution in [3.8, 4) is 0 Å². The molecule has 0 radical (unpaired) electrons. The van der Waals surface area contributed by atoms with Gasteiger partial charge in [0.1, 0.15) is 6.10 Å². The summed E-state index contributed by atoms with van der Waals surface area (Å²) in [5.41, 5.74) is -0.795. The predicted molar refractivity (Wildman–Crippen MR) is 105 cm³/mol. The van der Waals surface area contributed by atoms with Crippen molar-refractivity contribution in [2.24, 2.45) is 11.8 Å². The number of aromatic nitrogens is 2. The minimum Gasteiger partial charge on any atom is -0.376 e. The van der Waals surface area contributed by atoms with E-state index in [1.165, 1.54) is 16.8 Å². The molecule has 2 heterocycles. The van der Waals surface area contributed by atoms with Crippen molar-refractivity contribution in [3.05, 3.63) is 33.1 Å². The second-order valence-corrected chi connectivity index (χ2v) is 10.7. The van der Waals surface area contributed by atoms with Gasteiger partial charge in [-0.3, -0.25) is 14.3 Å². The van der Waals surface area contributed by atoms with Gasteiger partial charge in [-0.2, -0.15) is 0 Å². The molecule has 1 saturated heterocycles. The Balaban J connectivity index is 1.81. The van der Waals surface area contributed by atoms with Crippen molar-refractivity contribution >= 4 is 18.3 Å². The summed E-state index contributed by atoms with van der Waals surface area (Å²) >= 11 is 5.74. The summed E-state index contributed by atoms with van der Waals surface area (Å²) < 4.78 is 25.0. The Morgan fingerprint density at radius 1 is 1.33 bits per heavy atom. The summed E-state index contributed by atoms with van der Waals surface area (Å²) in [6, 6.07) is 1.30. The Kier molecular flexibility index (Phi) is 6.40. The minimum absolute atomic E-state index is 0.0560. The van der Waals surface area contributed by atoms with Crippen LogP contribution in [0, 0.1) is 11.8 Å². The lowest BCUT2D eigenvalue weighted by Gasteiger charge is -2.23. The van der Waals surface area contributed by atoms with E-state index in [0.717, 1.165) is 6.42 Å². The molecule has 8 nitrogen and oxygen atoms in total. The molecule has 1 aliphatic carbocycles. The first-order valence-corrected chi connectivity index (χ1v) is 12.0. The topological polar surface area (TPSA) is 91.8 Å². The Morgan fingerprint density at radius 3 is 2.56 bits per heavy atom. The van der Waals surface area contributed by atoms with Gasteiger partial charge in [-0.05, 0) is 38.0 Å².